The first-order chi connectivity index (χ1) is 13.8. The van der Waals surface area contributed by atoms with Crippen molar-refractivity contribution in [3.63, 3.8) is 0 Å². The van der Waals surface area contributed by atoms with Gasteiger partial charge in [0.25, 0.3) is 20.1 Å². The standard InChI is InChI=1S/C23H29NO4SSi/c1-13-14(2)19(28-30(7,8)23(4,5)6)15(3)20(18(13)25)29-24-21(26)16-11-9-10-12-17(16)22(24)27/h9-12,25H,1-8H3. The lowest BCUT2D eigenvalue weighted by atomic mass is 10.0. The summed E-state index contributed by atoms with van der Waals surface area (Å²) in [4.78, 5) is 26.1. The monoisotopic (exact) mass is 443 g/mol. The molecule has 0 unspecified atom stereocenters. The zero-order valence-electron chi connectivity index (χ0n) is 18.8. The van der Waals surface area contributed by atoms with E-state index in [4.69, 9.17) is 4.43 Å². The SMILES string of the molecule is Cc1c(C)c(O[Si](C)(C)C(C)(C)C)c(C)c(SN2C(=O)c3ccccc3C2=O)c1O. The van der Waals surface area contributed by atoms with E-state index < -0.39 is 8.32 Å². The number of carbonyl (C=O) groups excluding carboxylic acids is 2. The largest absolute Gasteiger partial charge is 0.543 e. The lowest BCUT2D eigenvalue weighted by molar-refractivity contribution is 0.0777. The third-order valence-corrected chi connectivity index (χ3v) is 11.8. The van der Waals surface area contributed by atoms with Crippen molar-refractivity contribution in [1.29, 1.82) is 0 Å². The number of phenols is 1. The van der Waals surface area contributed by atoms with E-state index in [2.05, 4.69) is 33.9 Å². The summed E-state index contributed by atoms with van der Waals surface area (Å²) in [6.45, 7) is 16.5. The fourth-order valence-corrected chi connectivity index (χ4v) is 5.23. The molecule has 0 saturated carbocycles. The van der Waals surface area contributed by atoms with Gasteiger partial charge in [0.1, 0.15) is 11.5 Å². The van der Waals surface area contributed by atoms with Gasteiger partial charge in [-0.25, -0.2) is 4.31 Å². The topological polar surface area (TPSA) is 66.8 Å². The molecule has 0 bridgehead atoms. The number of phenolic OH excluding ortho intramolecular Hbond substituents is 1. The highest BCUT2D eigenvalue weighted by Gasteiger charge is 2.41. The Morgan fingerprint density at radius 2 is 1.43 bits per heavy atom. The molecule has 0 radical (unpaired) electrons. The molecule has 160 valence electrons. The predicted octanol–water partition coefficient (Wildman–Crippen LogP) is 6.00. The van der Waals surface area contributed by atoms with Gasteiger partial charge < -0.3 is 9.53 Å². The highest BCUT2D eigenvalue weighted by atomic mass is 32.2. The Hall–Kier alpha value is -2.25. The minimum Gasteiger partial charge on any atom is -0.543 e. The third kappa shape index (κ3) is 3.54. The first-order valence-corrected chi connectivity index (χ1v) is 13.6. The molecule has 1 N–H and O–H groups in total. The first kappa shape index (κ1) is 22.4. The maximum absolute atomic E-state index is 12.8. The van der Waals surface area contributed by atoms with Gasteiger partial charge in [-0.2, -0.15) is 0 Å². The summed E-state index contributed by atoms with van der Waals surface area (Å²) in [7, 11) is -2.13. The van der Waals surface area contributed by atoms with Crippen LogP contribution < -0.4 is 4.43 Å². The third-order valence-electron chi connectivity index (χ3n) is 6.26. The van der Waals surface area contributed by atoms with Crippen LogP contribution >= 0.6 is 11.9 Å². The van der Waals surface area contributed by atoms with Crippen molar-refractivity contribution in [2.24, 2.45) is 0 Å². The number of aromatic hydroxyl groups is 1. The van der Waals surface area contributed by atoms with Crippen LogP contribution in [0.1, 0.15) is 58.2 Å². The number of hydrogen-bond donors (Lipinski definition) is 1. The summed E-state index contributed by atoms with van der Waals surface area (Å²) in [6.07, 6.45) is 0. The van der Waals surface area contributed by atoms with Gasteiger partial charge in [0, 0.05) is 17.5 Å². The molecule has 0 aromatic heterocycles. The summed E-state index contributed by atoms with van der Waals surface area (Å²) in [6, 6.07) is 6.77. The van der Waals surface area contributed by atoms with Crippen LogP contribution in [0.3, 0.4) is 0 Å². The highest BCUT2D eigenvalue weighted by molar-refractivity contribution is 7.98. The van der Waals surface area contributed by atoms with Crippen LogP contribution in [0.5, 0.6) is 11.5 Å². The Labute approximate surface area is 183 Å². The van der Waals surface area contributed by atoms with E-state index in [1.807, 2.05) is 20.8 Å². The molecule has 30 heavy (non-hydrogen) atoms. The van der Waals surface area contributed by atoms with Crippen molar-refractivity contribution >= 4 is 32.1 Å². The Morgan fingerprint density at radius 3 is 1.90 bits per heavy atom. The number of hydrogen-bond acceptors (Lipinski definition) is 5. The van der Waals surface area contributed by atoms with Gasteiger partial charge in [-0.15, -0.1) is 0 Å². The number of carbonyl (C=O) groups is 2. The van der Waals surface area contributed by atoms with Gasteiger partial charge in [0.05, 0.1) is 16.0 Å². The lowest BCUT2D eigenvalue weighted by Crippen LogP contribution is -2.44. The second-order valence-corrected chi connectivity index (χ2v) is 15.0. The molecular formula is C23H29NO4SSi. The lowest BCUT2D eigenvalue weighted by Gasteiger charge is -2.38. The summed E-state index contributed by atoms with van der Waals surface area (Å²) in [5.41, 5.74) is 3.07. The fraction of sp³-hybridized carbons (Fsp3) is 0.391. The number of benzene rings is 2. The van der Waals surface area contributed by atoms with Crippen LogP contribution in [0.2, 0.25) is 18.1 Å². The summed E-state index contributed by atoms with van der Waals surface area (Å²) in [5.74, 6) is 0.0686. The van der Waals surface area contributed by atoms with Crippen molar-refractivity contribution in [3.05, 3.63) is 52.1 Å². The summed E-state index contributed by atoms with van der Waals surface area (Å²) in [5, 5.41) is 10.9. The van der Waals surface area contributed by atoms with E-state index in [0.29, 0.717) is 21.6 Å². The van der Waals surface area contributed by atoms with Gasteiger partial charge in [0.15, 0.2) is 0 Å². The predicted molar refractivity (Wildman–Crippen MR) is 123 cm³/mol. The van der Waals surface area contributed by atoms with Crippen molar-refractivity contribution in [2.75, 3.05) is 0 Å². The zero-order valence-corrected chi connectivity index (χ0v) is 20.7. The van der Waals surface area contributed by atoms with E-state index in [0.717, 1.165) is 33.1 Å². The molecule has 1 aliphatic heterocycles. The van der Waals surface area contributed by atoms with Crippen LogP contribution in [0.15, 0.2) is 29.2 Å². The van der Waals surface area contributed by atoms with E-state index >= 15 is 0 Å². The molecule has 5 nitrogen and oxygen atoms in total. The maximum Gasteiger partial charge on any atom is 0.272 e. The van der Waals surface area contributed by atoms with E-state index in [1.54, 1.807) is 24.3 Å². The highest BCUT2D eigenvalue weighted by Crippen LogP contribution is 2.47. The van der Waals surface area contributed by atoms with Crippen molar-refractivity contribution in [2.45, 2.75) is 64.6 Å². The summed E-state index contributed by atoms with van der Waals surface area (Å²) < 4.78 is 7.73. The normalized spacial score (nSPS) is 14.3. The molecule has 0 fully saturated rings. The van der Waals surface area contributed by atoms with E-state index in [-0.39, 0.29) is 22.6 Å². The fourth-order valence-electron chi connectivity index (χ4n) is 3.09. The Morgan fingerprint density at radius 1 is 0.933 bits per heavy atom. The van der Waals surface area contributed by atoms with Crippen molar-refractivity contribution in [3.8, 4) is 11.5 Å². The van der Waals surface area contributed by atoms with Crippen LogP contribution in [0.25, 0.3) is 0 Å². The second-order valence-electron chi connectivity index (χ2n) is 9.29. The molecule has 7 heteroatoms. The second kappa shape index (κ2) is 7.46. The Bertz CT molecular complexity index is 1020. The van der Waals surface area contributed by atoms with Gasteiger partial charge in [0.2, 0.25) is 0 Å². The minimum absolute atomic E-state index is 0.00745. The molecule has 0 saturated heterocycles. The van der Waals surface area contributed by atoms with Gasteiger partial charge in [-0.1, -0.05) is 32.9 Å². The number of nitrogens with zero attached hydrogens (tertiary/aromatic N) is 1. The molecule has 0 aliphatic carbocycles. The molecule has 1 aliphatic rings. The molecule has 0 atom stereocenters. The molecule has 2 aromatic carbocycles. The van der Waals surface area contributed by atoms with Gasteiger partial charge >= 0.3 is 0 Å². The minimum atomic E-state index is -2.13. The first-order valence-electron chi connectivity index (χ1n) is 9.95. The molecule has 0 spiro atoms. The molecule has 1 heterocycles. The smallest absolute Gasteiger partial charge is 0.272 e. The van der Waals surface area contributed by atoms with E-state index in [1.165, 1.54) is 0 Å². The van der Waals surface area contributed by atoms with E-state index in [9.17, 15) is 14.7 Å². The van der Waals surface area contributed by atoms with Gasteiger partial charge in [-0.3, -0.25) is 9.59 Å². The van der Waals surface area contributed by atoms with Crippen molar-refractivity contribution < 1.29 is 19.1 Å². The number of rotatable bonds is 4. The van der Waals surface area contributed by atoms with Crippen LogP contribution in [-0.2, 0) is 0 Å². The summed E-state index contributed by atoms with van der Waals surface area (Å²) >= 11 is 0.967. The molecular weight excluding hydrogens is 414 g/mol. The quantitative estimate of drug-likeness (QED) is 0.356. The zero-order chi connectivity index (χ0) is 22.6. The van der Waals surface area contributed by atoms with Crippen LogP contribution in [0, 0.1) is 20.8 Å². The van der Waals surface area contributed by atoms with Gasteiger partial charge in [-0.05, 0) is 62.2 Å². The number of imide groups is 1. The van der Waals surface area contributed by atoms with Crippen LogP contribution in [-0.4, -0.2) is 29.5 Å². The molecule has 2 amide bonds. The number of amides is 2. The average Bonchev–Trinajstić information content (AvgIpc) is 2.91. The maximum atomic E-state index is 12.8. The molecule has 2 aromatic rings. The van der Waals surface area contributed by atoms with Crippen LogP contribution in [0.4, 0.5) is 0 Å². The van der Waals surface area contributed by atoms with Crippen molar-refractivity contribution in [1.82, 2.24) is 4.31 Å². The number of fused-ring (bicyclic) bond motifs is 1. The molecule has 3 rings (SSSR count). The average molecular weight is 444 g/mol. The Balaban J connectivity index is 2.06. The Kier molecular flexibility index (Phi) is 5.58.